The Balaban J connectivity index is 1.84. The lowest BCUT2D eigenvalue weighted by Crippen LogP contribution is -2.38. The molecule has 1 amide bonds. The lowest BCUT2D eigenvalue weighted by molar-refractivity contribution is 0.0686. The van der Waals surface area contributed by atoms with E-state index in [0.29, 0.717) is 10.2 Å². The third-order valence-electron chi connectivity index (χ3n) is 3.52. The minimum atomic E-state index is 0.0801. The Bertz CT molecular complexity index is 397. The molecule has 0 aliphatic carbocycles. The molecular weight excluding hydrogens is 296 g/mol. The average molecular weight is 315 g/mol. The number of rotatable bonds is 4. The van der Waals surface area contributed by atoms with Crippen molar-refractivity contribution in [3.8, 4) is 0 Å². The van der Waals surface area contributed by atoms with Gasteiger partial charge in [0.05, 0.1) is 5.56 Å². The van der Waals surface area contributed by atoms with Crippen LogP contribution in [0.2, 0.25) is 0 Å². The van der Waals surface area contributed by atoms with Gasteiger partial charge in [0, 0.05) is 19.2 Å². The standard InChI is InChI=1S/C13H19BrN2O2/c1-15-5-2-10-3-6-16(7-4-10)13(17)11-8-12(14)18-9-11/h8-10,15H,2-7H2,1H3. The summed E-state index contributed by atoms with van der Waals surface area (Å²) in [7, 11) is 1.98. The van der Waals surface area contributed by atoms with Gasteiger partial charge in [-0.05, 0) is 54.7 Å². The predicted molar refractivity (Wildman–Crippen MR) is 73.6 cm³/mol. The van der Waals surface area contributed by atoms with Crippen molar-refractivity contribution >= 4 is 21.8 Å². The molecule has 100 valence electrons. The van der Waals surface area contributed by atoms with E-state index in [1.54, 1.807) is 6.07 Å². The summed E-state index contributed by atoms with van der Waals surface area (Å²) in [5.74, 6) is 0.828. The molecule has 0 saturated carbocycles. The van der Waals surface area contributed by atoms with E-state index in [0.717, 1.165) is 38.4 Å². The summed E-state index contributed by atoms with van der Waals surface area (Å²) < 4.78 is 5.72. The molecule has 1 fully saturated rings. The highest BCUT2D eigenvalue weighted by Gasteiger charge is 2.24. The predicted octanol–water partition coefficient (Wildman–Crippen LogP) is 2.50. The van der Waals surface area contributed by atoms with Crippen molar-refractivity contribution in [1.29, 1.82) is 0 Å². The Morgan fingerprint density at radius 1 is 1.56 bits per heavy atom. The molecule has 0 aromatic carbocycles. The third-order valence-corrected chi connectivity index (χ3v) is 3.93. The Morgan fingerprint density at radius 3 is 2.83 bits per heavy atom. The maximum atomic E-state index is 12.2. The molecule has 1 aromatic rings. The summed E-state index contributed by atoms with van der Waals surface area (Å²) in [4.78, 5) is 14.1. The zero-order valence-electron chi connectivity index (χ0n) is 10.6. The number of hydrogen-bond donors (Lipinski definition) is 1. The van der Waals surface area contributed by atoms with Crippen molar-refractivity contribution in [2.75, 3.05) is 26.7 Å². The van der Waals surface area contributed by atoms with E-state index in [1.165, 1.54) is 12.7 Å². The number of piperidine rings is 1. The lowest BCUT2D eigenvalue weighted by atomic mass is 9.93. The summed E-state index contributed by atoms with van der Waals surface area (Å²) in [5.41, 5.74) is 0.635. The van der Waals surface area contributed by atoms with E-state index in [-0.39, 0.29) is 5.91 Å². The number of carbonyl (C=O) groups excluding carboxylic acids is 1. The van der Waals surface area contributed by atoms with Crippen LogP contribution in [0.1, 0.15) is 29.6 Å². The number of hydrogen-bond acceptors (Lipinski definition) is 3. The zero-order valence-corrected chi connectivity index (χ0v) is 12.2. The second kappa shape index (κ2) is 6.38. The van der Waals surface area contributed by atoms with Gasteiger partial charge >= 0.3 is 0 Å². The summed E-state index contributed by atoms with van der Waals surface area (Å²) in [6.07, 6.45) is 4.92. The molecule has 1 aromatic heterocycles. The van der Waals surface area contributed by atoms with Gasteiger partial charge in [-0.2, -0.15) is 0 Å². The van der Waals surface area contributed by atoms with E-state index >= 15 is 0 Å². The van der Waals surface area contributed by atoms with Gasteiger partial charge in [0.25, 0.3) is 5.91 Å². The first-order valence-corrected chi connectivity index (χ1v) is 7.18. The molecule has 0 bridgehead atoms. The summed E-state index contributed by atoms with van der Waals surface area (Å²) in [6.45, 7) is 2.78. The first-order valence-electron chi connectivity index (χ1n) is 6.38. The monoisotopic (exact) mass is 314 g/mol. The smallest absolute Gasteiger partial charge is 0.257 e. The van der Waals surface area contributed by atoms with Gasteiger partial charge in [0.2, 0.25) is 0 Å². The van der Waals surface area contributed by atoms with Crippen LogP contribution >= 0.6 is 15.9 Å². The van der Waals surface area contributed by atoms with Gasteiger partial charge in [0.1, 0.15) is 6.26 Å². The number of likely N-dealkylation sites (tertiary alicyclic amines) is 1. The molecule has 0 spiro atoms. The maximum absolute atomic E-state index is 12.2. The van der Waals surface area contributed by atoms with Crippen molar-refractivity contribution in [3.63, 3.8) is 0 Å². The number of carbonyl (C=O) groups is 1. The van der Waals surface area contributed by atoms with Crippen LogP contribution in [-0.4, -0.2) is 37.5 Å². The SMILES string of the molecule is CNCCC1CCN(C(=O)c2coc(Br)c2)CC1. The Labute approximate surface area is 116 Å². The van der Waals surface area contributed by atoms with Gasteiger partial charge in [-0.1, -0.05) is 0 Å². The zero-order chi connectivity index (χ0) is 13.0. The largest absolute Gasteiger partial charge is 0.457 e. The van der Waals surface area contributed by atoms with Crippen LogP contribution in [0.3, 0.4) is 0 Å². The Morgan fingerprint density at radius 2 is 2.28 bits per heavy atom. The maximum Gasteiger partial charge on any atom is 0.257 e. The van der Waals surface area contributed by atoms with E-state index < -0.39 is 0 Å². The van der Waals surface area contributed by atoms with E-state index in [2.05, 4.69) is 21.2 Å². The molecule has 2 rings (SSSR count). The fraction of sp³-hybridized carbons (Fsp3) is 0.615. The molecule has 0 unspecified atom stereocenters. The number of nitrogens with one attached hydrogen (secondary N) is 1. The number of furan rings is 1. The molecule has 1 aliphatic rings. The minimum Gasteiger partial charge on any atom is -0.457 e. The molecule has 0 atom stereocenters. The molecule has 5 heteroatoms. The molecule has 1 aliphatic heterocycles. The average Bonchev–Trinajstić information content (AvgIpc) is 2.83. The quantitative estimate of drug-likeness (QED) is 0.928. The van der Waals surface area contributed by atoms with Gasteiger partial charge in [-0.15, -0.1) is 0 Å². The Kier molecular flexibility index (Phi) is 4.83. The Hall–Kier alpha value is -0.810. The van der Waals surface area contributed by atoms with Crippen LogP contribution in [0.25, 0.3) is 0 Å². The van der Waals surface area contributed by atoms with Crippen molar-refractivity contribution < 1.29 is 9.21 Å². The molecule has 18 heavy (non-hydrogen) atoms. The van der Waals surface area contributed by atoms with Crippen LogP contribution in [0.5, 0.6) is 0 Å². The number of nitrogens with zero attached hydrogens (tertiary/aromatic N) is 1. The summed E-state index contributed by atoms with van der Waals surface area (Å²) in [6, 6.07) is 1.73. The van der Waals surface area contributed by atoms with Crippen molar-refractivity contribution in [1.82, 2.24) is 10.2 Å². The van der Waals surface area contributed by atoms with E-state index in [1.807, 2.05) is 11.9 Å². The lowest BCUT2D eigenvalue weighted by Gasteiger charge is -2.31. The second-order valence-corrected chi connectivity index (χ2v) is 5.55. The van der Waals surface area contributed by atoms with Crippen molar-refractivity contribution in [2.45, 2.75) is 19.3 Å². The highest BCUT2D eigenvalue weighted by molar-refractivity contribution is 9.10. The first-order chi connectivity index (χ1) is 8.70. The van der Waals surface area contributed by atoms with E-state index in [4.69, 9.17) is 4.42 Å². The normalized spacial score (nSPS) is 17.1. The topological polar surface area (TPSA) is 45.5 Å². The van der Waals surface area contributed by atoms with Gasteiger partial charge < -0.3 is 14.6 Å². The third kappa shape index (κ3) is 3.36. The number of amides is 1. The van der Waals surface area contributed by atoms with Crippen LogP contribution in [-0.2, 0) is 0 Å². The van der Waals surface area contributed by atoms with E-state index in [9.17, 15) is 4.79 Å². The first kappa shape index (κ1) is 13.6. The molecular formula is C13H19BrN2O2. The molecule has 0 radical (unpaired) electrons. The van der Waals surface area contributed by atoms with Gasteiger partial charge in [0.15, 0.2) is 4.67 Å². The molecule has 4 nitrogen and oxygen atoms in total. The molecule has 1 saturated heterocycles. The minimum absolute atomic E-state index is 0.0801. The highest BCUT2D eigenvalue weighted by Crippen LogP contribution is 2.22. The van der Waals surface area contributed by atoms with Gasteiger partial charge in [-0.25, -0.2) is 0 Å². The van der Waals surface area contributed by atoms with Crippen molar-refractivity contribution in [2.24, 2.45) is 5.92 Å². The van der Waals surface area contributed by atoms with Crippen LogP contribution in [0.4, 0.5) is 0 Å². The molecule has 1 N–H and O–H groups in total. The molecule has 2 heterocycles. The van der Waals surface area contributed by atoms with Gasteiger partial charge in [-0.3, -0.25) is 4.79 Å². The highest BCUT2D eigenvalue weighted by atomic mass is 79.9. The van der Waals surface area contributed by atoms with Crippen LogP contribution < -0.4 is 5.32 Å². The second-order valence-electron chi connectivity index (χ2n) is 4.77. The van der Waals surface area contributed by atoms with Crippen LogP contribution in [0.15, 0.2) is 21.4 Å². The summed E-state index contributed by atoms with van der Waals surface area (Å²) in [5, 5.41) is 3.18. The summed E-state index contributed by atoms with van der Waals surface area (Å²) >= 11 is 3.22. The van der Waals surface area contributed by atoms with Crippen LogP contribution in [0, 0.1) is 5.92 Å². The fourth-order valence-electron chi connectivity index (χ4n) is 2.38. The fourth-order valence-corrected chi connectivity index (χ4v) is 2.72. The number of halogens is 1. The van der Waals surface area contributed by atoms with Crippen molar-refractivity contribution in [3.05, 3.63) is 22.6 Å².